The van der Waals surface area contributed by atoms with Crippen molar-refractivity contribution in [2.24, 2.45) is 0 Å². The molecule has 0 amide bonds. The molecule has 1 aromatic heterocycles. The van der Waals surface area contributed by atoms with Gasteiger partial charge in [-0.3, -0.25) is 4.98 Å². The number of pyridine rings is 1. The van der Waals surface area contributed by atoms with E-state index in [1.807, 2.05) is 12.1 Å². The molecule has 0 bridgehead atoms. The van der Waals surface area contributed by atoms with Crippen molar-refractivity contribution in [3.05, 3.63) is 63.4 Å². The lowest BCUT2D eigenvalue weighted by molar-refractivity contribution is 0.173. The zero-order valence-corrected chi connectivity index (χ0v) is 12.1. The number of aromatic nitrogens is 1. The molecule has 0 radical (unpaired) electrons. The standard InChI is InChI=1S/C15H16BrNO/c1-10-5-11(2)7-12(6-10)8-15(18)14-4-3-13(16)9-17-14/h3-7,9,15,18H,8H2,1-2H3. The second-order valence-corrected chi connectivity index (χ2v) is 5.53. The SMILES string of the molecule is Cc1cc(C)cc(CC(O)c2ccc(Br)cn2)c1. The number of aliphatic hydroxyl groups excluding tert-OH is 1. The van der Waals surface area contributed by atoms with Gasteiger partial charge >= 0.3 is 0 Å². The molecule has 0 aliphatic carbocycles. The highest BCUT2D eigenvalue weighted by Gasteiger charge is 2.10. The van der Waals surface area contributed by atoms with Gasteiger partial charge in [0, 0.05) is 17.1 Å². The van der Waals surface area contributed by atoms with E-state index < -0.39 is 6.10 Å². The maximum Gasteiger partial charge on any atom is 0.0999 e. The summed E-state index contributed by atoms with van der Waals surface area (Å²) in [7, 11) is 0. The summed E-state index contributed by atoms with van der Waals surface area (Å²) in [4.78, 5) is 4.22. The third-order valence-corrected chi connectivity index (χ3v) is 3.27. The number of aliphatic hydroxyl groups is 1. The van der Waals surface area contributed by atoms with E-state index in [-0.39, 0.29) is 0 Å². The topological polar surface area (TPSA) is 33.1 Å². The zero-order chi connectivity index (χ0) is 13.1. The quantitative estimate of drug-likeness (QED) is 0.937. The number of benzene rings is 1. The van der Waals surface area contributed by atoms with Crippen LogP contribution >= 0.6 is 15.9 Å². The van der Waals surface area contributed by atoms with Gasteiger partial charge in [-0.25, -0.2) is 0 Å². The van der Waals surface area contributed by atoms with Crippen LogP contribution in [0.25, 0.3) is 0 Å². The largest absolute Gasteiger partial charge is 0.386 e. The fraction of sp³-hybridized carbons (Fsp3) is 0.267. The summed E-state index contributed by atoms with van der Waals surface area (Å²) in [5, 5.41) is 10.2. The van der Waals surface area contributed by atoms with Gasteiger partial charge in [0.1, 0.15) is 0 Å². The number of halogens is 1. The van der Waals surface area contributed by atoms with Gasteiger partial charge in [-0.2, -0.15) is 0 Å². The Balaban J connectivity index is 2.15. The lowest BCUT2D eigenvalue weighted by atomic mass is 10.0. The van der Waals surface area contributed by atoms with E-state index in [2.05, 4.69) is 53.0 Å². The minimum atomic E-state index is -0.556. The van der Waals surface area contributed by atoms with Crippen LogP contribution in [0, 0.1) is 13.8 Å². The Bertz CT molecular complexity index is 516. The van der Waals surface area contributed by atoms with E-state index in [9.17, 15) is 5.11 Å². The first-order valence-corrected chi connectivity index (χ1v) is 6.70. The Morgan fingerprint density at radius 2 is 1.83 bits per heavy atom. The van der Waals surface area contributed by atoms with Crippen molar-refractivity contribution in [3.63, 3.8) is 0 Å². The summed E-state index contributed by atoms with van der Waals surface area (Å²) >= 11 is 3.34. The monoisotopic (exact) mass is 305 g/mol. The van der Waals surface area contributed by atoms with Crippen LogP contribution < -0.4 is 0 Å². The number of rotatable bonds is 3. The van der Waals surface area contributed by atoms with Crippen LogP contribution in [0.1, 0.15) is 28.5 Å². The van der Waals surface area contributed by atoms with E-state index in [4.69, 9.17) is 0 Å². The predicted molar refractivity (Wildman–Crippen MR) is 76.5 cm³/mol. The van der Waals surface area contributed by atoms with Gasteiger partial charge < -0.3 is 5.11 Å². The number of hydrogen-bond donors (Lipinski definition) is 1. The molecule has 0 spiro atoms. The summed E-state index contributed by atoms with van der Waals surface area (Å²) in [6.07, 6.45) is 1.75. The maximum absolute atomic E-state index is 10.2. The minimum absolute atomic E-state index is 0.556. The maximum atomic E-state index is 10.2. The Morgan fingerprint density at radius 3 is 2.39 bits per heavy atom. The molecule has 2 nitrogen and oxygen atoms in total. The molecular formula is C15H16BrNO. The highest BCUT2D eigenvalue weighted by Crippen LogP contribution is 2.19. The average Bonchev–Trinajstić information content (AvgIpc) is 2.28. The highest BCUT2D eigenvalue weighted by atomic mass is 79.9. The first kappa shape index (κ1) is 13.2. The number of aryl methyl sites for hydroxylation is 2. The van der Waals surface area contributed by atoms with Gasteiger partial charge in [0.05, 0.1) is 11.8 Å². The Labute approximate surface area is 116 Å². The van der Waals surface area contributed by atoms with Crippen LogP contribution in [0.3, 0.4) is 0 Å². The van der Waals surface area contributed by atoms with Crippen molar-refractivity contribution in [3.8, 4) is 0 Å². The van der Waals surface area contributed by atoms with E-state index in [1.165, 1.54) is 11.1 Å². The molecule has 1 atom stereocenters. The van der Waals surface area contributed by atoms with Gasteiger partial charge in [-0.15, -0.1) is 0 Å². The van der Waals surface area contributed by atoms with Crippen molar-refractivity contribution in [1.29, 1.82) is 0 Å². The second-order valence-electron chi connectivity index (χ2n) is 4.62. The molecule has 18 heavy (non-hydrogen) atoms. The van der Waals surface area contributed by atoms with Gasteiger partial charge in [0.15, 0.2) is 0 Å². The number of hydrogen-bond acceptors (Lipinski definition) is 2. The van der Waals surface area contributed by atoms with Crippen molar-refractivity contribution < 1.29 is 5.11 Å². The Morgan fingerprint density at radius 1 is 1.17 bits per heavy atom. The second kappa shape index (κ2) is 5.63. The van der Waals surface area contributed by atoms with Gasteiger partial charge in [-0.05, 0) is 47.5 Å². The molecule has 1 N–H and O–H groups in total. The van der Waals surface area contributed by atoms with E-state index in [1.54, 1.807) is 6.20 Å². The van der Waals surface area contributed by atoms with Crippen molar-refractivity contribution in [2.45, 2.75) is 26.4 Å². The van der Waals surface area contributed by atoms with Crippen LogP contribution in [0.2, 0.25) is 0 Å². The van der Waals surface area contributed by atoms with Crippen LogP contribution in [0.4, 0.5) is 0 Å². The lowest BCUT2D eigenvalue weighted by Gasteiger charge is -2.11. The molecule has 1 heterocycles. The molecule has 1 aromatic carbocycles. The molecule has 2 rings (SSSR count). The third kappa shape index (κ3) is 3.40. The van der Waals surface area contributed by atoms with Gasteiger partial charge in [0.2, 0.25) is 0 Å². The predicted octanol–water partition coefficient (Wildman–Crippen LogP) is 3.74. The molecule has 0 saturated heterocycles. The first-order valence-electron chi connectivity index (χ1n) is 5.91. The molecule has 94 valence electrons. The Kier molecular flexibility index (Phi) is 4.15. The van der Waals surface area contributed by atoms with E-state index in [0.717, 1.165) is 10.0 Å². The smallest absolute Gasteiger partial charge is 0.0999 e. The molecule has 0 aliphatic heterocycles. The van der Waals surface area contributed by atoms with Crippen LogP contribution in [0.5, 0.6) is 0 Å². The van der Waals surface area contributed by atoms with Gasteiger partial charge in [-0.1, -0.05) is 29.3 Å². The van der Waals surface area contributed by atoms with Crippen LogP contribution in [-0.4, -0.2) is 10.1 Å². The minimum Gasteiger partial charge on any atom is -0.386 e. The summed E-state index contributed by atoms with van der Waals surface area (Å²) in [6, 6.07) is 10.1. The van der Waals surface area contributed by atoms with Crippen molar-refractivity contribution in [1.82, 2.24) is 4.98 Å². The van der Waals surface area contributed by atoms with Gasteiger partial charge in [0.25, 0.3) is 0 Å². The highest BCUT2D eigenvalue weighted by molar-refractivity contribution is 9.10. The zero-order valence-electron chi connectivity index (χ0n) is 10.5. The average molecular weight is 306 g/mol. The molecule has 0 saturated carbocycles. The fourth-order valence-electron chi connectivity index (χ4n) is 2.10. The Hall–Kier alpha value is -1.19. The van der Waals surface area contributed by atoms with Crippen LogP contribution in [-0.2, 0) is 6.42 Å². The normalized spacial score (nSPS) is 12.4. The van der Waals surface area contributed by atoms with E-state index >= 15 is 0 Å². The molecule has 2 aromatic rings. The molecular weight excluding hydrogens is 290 g/mol. The third-order valence-electron chi connectivity index (χ3n) is 2.80. The van der Waals surface area contributed by atoms with Crippen LogP contribution in [0.15, 0.2) is 41.0 Å². The van der Waals surface area contributed by atoms with E-state index in [0.29, 0.717) is 12.1 Å². The summed E-state index contributed by atoms with van der Waals surface area (Å²) < 4.78 is 0.921. The molecule has 0 fully saturated rings. The fourth-order valence-corrected chi connectivity index (χ4v) is 2.33. The summed E-state index contributed by atoms with van der Waals surface area (Å²) in [6.45, 7) is 4.14. The molecule has 3 heteroatoms. The first-order chi connectivity index (χ1) is 8.54. The summed E-state index contributed by atoms with van der Waals surface area (Å²) in [5.74, 6) is 0. The van der Waals surface area contributed by atoms with Crippen molar-refractivity contribution in [2.75, 3.05) is 0 Å². The summed E-state index contributed by atoms with van der Waals surface area (Å²) in [5.41, 5.74) is 4.30. The molecule has 1 unspecified atom stereocenters. The van der Waals surface area contributed by atoms with Crippen molar-refractivity contribution >= 4 is 15.9 Å². The number of nitrogens with zero attached hydrogens (tertiary/aromatic N) is 1. The molecule has 0 aliphatic rings. The lowest BCUT2D eigenvalue weighted by Crippen LogP contribution is -2.04.